The third-order valence-electron chi connectivity index (χ3n) is 4.17. The first-order valence-electron chi connectivity index (χ1n) is 8.37. The van der Waals surface area contributed by atoms with Gasteiger partial charge in [0.2, 0.25) is 0 Å². The molecule has 0 aliphatic rings. The number of nitro groups is 1. The first-order valence-corrected chi connectivity index (χ1v) is 8.37. The van der Waals surface area contributed by atoms with Gasteiger partial charge in [0.15, 0.2) is 0 Å². The summed E-state index contributed by atoms with van der Waals surface area (Å²) < 4.78 is 0. The minimum atomic E-state index is -0.572. The summed E-state index contributed by atoms with van der Waals surface area (Å²) in [6.07, 6.45) is 3.27. The quantitative estimate of drug-likeness (QED) is 0.344. The third kappa shape index (κ3) is 4.04. The monoisotopic (exact) mass is 379 g/mol. The smallest absolute Gasteiger partial charge is 0.273 e. The predicted molar refractivity (Wildman–Crippen MR) is 104 cm³/mol. The highest BCUT2D eigenvalue weighted by atomic mass is 16.6. The average Bonchev–Trinajstić information content (AvgIpc) is 3.09. The van der Waals surface area contributed by atoms with E-state index in [1.807, 2.05) is 24.3 Å². The maximum atomic E-state index is 12.2. The lowest BCUT2D eigenvalue weighted by atomic mass is 10.1. The summed E-state index contributed by atoms with van der Waals surface area (Å²) in [5, 5.41) is 18.2. The summed E-state index contributed by atoms with van der Waals surface area (Å²) in [7, 11) is 0. The van der Waals surface area contributed by atoms with Gasteiger partial charge in [0.1, 0.15) is 0 Å². The number of hydrogen-bond acceptors (Lipinski definition) is 5. The summed E-state index contributed by atoms with van der Waals surface area (Å²) in [5.74, 6) is -1.09. The number of rotatable bonds is 6. The van der Waals surface area contributed by atoms with Crippen LogP contribution < -0.4 is 10.7 Å². The average molecular weight is 379 g/mol. The Morgan fingerprint density at radius 1 is 1.21 bits per heavy atom. The van der Waals surface area contributed by atoms with Gasteiger partial charge in [-0.2, -0.15) is 5.10 Å². The van der Waals surface area contributed by atoms with Crippen molar-refractivity contribution in [3.05, 3.63) is 75.5 Å². The molecule has 3 N–H and O–H groups in total. The molecule has 9 heteroatoms. The van der Waals surface area contributed by atoms with E-state index in [2.05, 4.69) is 20.8 Å². The van der Waals surface area contributed by atoms with Crippen LogP contribution in [-0.2, 0) is 4.79 Å². The number of fused-ring (bicyclic) bond motifs is 1. The van der Waals surface area contributed by atoms with Crippen LogP contribution in [0.4, 0.5) is 5.69 Å². The maximum absolute atomic E-state index is 12.2. The largest absolute Gasteiger partial charge is 0.361 e. The van der Waals surface area contributed by atoms with Gasteiger partial charge in [0.05, 0.1) is 17.7 Å². The minimum absolute atomic E-state index is 0.143. The number of carbonyl (C=O) groups is 2. The molecule has 9 nitrogen and oxygen atoms in total. The number of para-hydroxylation sites is 1. The fraction of sp³-hybridized carbons (Fsp3) is 0.105. The number of benzene rings is 2. The van der Waals surface area contributed by atoms with Crippen molar-refractivity contribution in [1.29, 1.82) is 0 Å². The van der Waals surface area contributed by atoms with Crippen LogP contribution in [0.25, 0.3) is 10.9 Å². The van der Waals surface area contributed by atoms with Crippen molar-refractivity contribution < 1.29 is 14.5 Å². The van der Waals surface area contributed by atoms with Crippen LogP contribution >= 0.6 is 0 Å². The molecule has 0 atom stereocenters. The number of nitrogens with one attached hydrogen (secondary N) is 3. The lowest BCUT2D eigenvalue weighted by Gasteiger charge is -2.07. The maximum Gasteiger partial charge on any atom is 0.273 e. The van der Waals surface area contributed by atoms with Crippen LogP contribution in [0.3, 0.4) is 0 Å². The SMILES string of the molecule is Cc1c(C(=O)NCC(=O)NN=Cc2c[nH]c3ccccc23)cccc1[N+](=O)[O-]. The molecule has 0 unspecified atom stereocenters. The topological polar surface area (TPSA) is 129 Å². The van der Waals surface area contributed by atoms with Crippen molar-refractivity contribution in [1.82, 2.24) is 15.7 Å². The fourth-order valence-corrected chi connectivity index (χ4v) is 2.74. The molecule has 0 fully saturated rings. The van der Waals surface area contributed by atoms with Crippen LogP contribution in [0.1, 0.15) is 21.5 Å². The minimum Gasteiger partial charge on any atom is -0.361 e. The first-order chi connectivity index (χ1) is 13.5. The Labute approximate surface area is 159 Å². The Morgan fingerprint density at radius 3 is 2.79 bits per heavy atom. The van der Waals surface area contributed by atoms with Gasteiger partial charge >= 0.3 is 0 Å². The molecule has 28 heavy (non-hydrogen) atoms. The van der Waals surface area contributed by atoms with E-state index >= 15 is 0 Å². The number of hydrogen-bond donors (Lipinski definition) is 3. The second kappa shape index (κ2) is 8.12. The van der Waals surface area contributed by atoms with Crippen LogP contribution in [-0.4, -0.2) is 34.5 Å². The summed E-state index contributed by atoms with van der Waals surface area (Å²) in [4.78, 5) is 37.6. The van der Waals surface area contributed by atoms with Crippen molar-refractivity contribution in [3.63, 3.8) is 0 Å². The van der Waals surface area contributed by atoms with Gasteiger partial charge in [0.25, 0.3) is 17.5 Å². The normalized spacial score (nSPS) is 10.9. The number of nitro benzene ring substituents is 1. The zero-order chi connectivity index (χ0) is 20.1. The highest BCUT2D eigenvalue weighted by molar-refractivity contribution is 6.00. The van der Waals surface area contributed by atoms with E-state index in [0.717, 1.165) is 16.5 Å². The summed E-state index contributed by atoms with van der Waals surface area (Å²) in [5.41, 5.74) is 4.33. The van der Waals surface area contributed by atoms with Gasteiger partial charge in [-0.05, 0) is 19.1 Å². The summed E-state index contributed by atoms with van der Waals surface area (Å²) in [6.45, 7) is 1.17. The molecular weight excluding hydrogens is 362 g/mol. The van der Waals surface area contributed by atoms with Crippen LogP contribution in [0.15, 0.2) is 53.8 Å². The highest BCUT2D eigenvalue weighted by Gasteiger charge is 2.18. The molecular formula is C19H17N5O4. The van der Waals surface area contributed by atoms with E-state index in [1.54, 1.807) is 6.20 Å². The zero-order valence-corrected chi connectivity index (χ0v) is 14.9. The Kier molecular flexibility index (Phi) is 5.45. The number of aromatic nitrogens is 1. The van der Waals surface area contributed by atoms with E-state index in [9.17, 15) is 19.7 Å². The fourth-order valence-electron chi connectivity index (χ4n) is 2.74. The number of hydrazone groups is 1. The van der Waals surface area contributed by atoms with Crippen molar-refractivity contribution in [2.75, 3.05) is 6.54 Å². The predicted octanol–water partition coefficient (Wildman–Crippen LogP) is 2.26. The second-order valence-electron chi connectivity index (χ2n) is 5.97. The molecule has 2 aromatic carbocycles. The molecule has 142 valence electrons. The molecule has 1 aromatic heterocycles. The number of nitrogens with zero attached hydrogens (tertiary/aromatic N) is 2. The summed E-state index contributed by atoms with van der Waals surface area (Å²) in [6, 6.07) is 11.9. The molecule has 2 amide bonds. The molecule has 1 heterocycles. The van der Waals surface area contributed by atoms with E-state index in [0.29, 0.717) is 0 Å². The van der Waals surface area contributed by atoms with Crippen LogP contribution in [0, 0.1) is 17.0 Å². The van der Waals surface area contributed by atoms with E-state index < -0.39 is 16.7 Å². The summed E-state index contributed by atoms with van der Waals surface area (Å²) >= 11 is 0. The van der Waals surface area contributed by atoms with Gasteiger partial charge in [-0.25, -0.2) is 5.43 Å². The number of amides is 2. The third-order valence-corrected chi connectivity index (χ3v) is 4.17. The number of aromatic amines is 1. The first kappa shape index (κ1) is 18.8. The molecule has 0 radical (unpaired) electrons. The van der Waals surface area contributed by atoms with E-state index in [-0.39, 0.29) is 23.4 Å². The number of carbonyl (C=O) groups excluding carboxylic acids is 2. The van der Waals surface area contributed by atoms with Gasteiger partial charge in [-0.1, -0.05) is 24.3 Å². The van der Waals surface area contributed by atoms with Crippen molar-refractivity contribution >= 4 is 34.6 Å². The second-order valence-corrected chi connectivity index (χ2v) is 5.97. The van der Waals surface area contributed by atoms with Gasteiger partial charge in [-0.3, -0.25) is 19.7 Å². The van der Waals surface area contributed by atoms with Crippen molar-refractivity contribution in [2.45, 2.75) is 6.92 Å². The van der Waals surface area contributed by atoms with Crippen LogP contribution in [0.5, 0.6) is 0 Å². The standard InChI is InChI=1S/C19H17N5O4/c1-12-14(6-4-8-17(12)24(27)28)19(26)21-11-18(25)23-22-10-13-9-20-16-7-3-2-5-15(13)16/h2-10,20H,11H2,1H3,(H,21,26)(H,23,25). The molecule has 3 rings (SSSR count). The molecule has 3 aromatic rings. The number of H-pyrrole nitrogens is 1. The molecule has 0 spiro atoms. The molecule has 0 aliphatic carbocycles. The van der Waals surface area contributed by atoms with Gasteiger partial charge < -0.3 is 10.3 Å². The lowest BCUT2D eigenvalue weighted by Crippen LogP contribution is -2.35. The molecule has 0 saturated carbocycles. The molecule has 0 saturated heterocycles. The van der Waals surface area contributed by atoms with E-state index in [1.165, 1.54) is 31.3 Å². The highest BCUT2D eigenvalue weighted by Crippen LogP contribution is 2.20. The van der Waals surface area contributed by atoms with Crippen molar-refractivity contribution in [3.8, 4) is 0 Å². The van der Waals surface area contributed by atoms with Gasteiger partial charge in [-0.15, -0.1) is 0 Å². The van der Waals surface area contributed by atoms with Gasteiger partial charge in [0, 0.05) is 39.9 Å². The zero-order valence-electron chi connectivity index (χ0n) is 14.9. The Hall–Kier alpha value is -4.01. The van der Waals surface area contributed by atoms with E-state index in [4.69, 9.17) is 0 Å². The van der Waals surface area contributed by atoms with Crippen LogP contribution in [0.2, 0.25) is 0 Å². The Morgan fingerprint density at radius 2 is 2.00 bits per heavy atom. The lowest BCUT2D eigenvalue weighted by molar-refractivity contribution is -0.385. The van der Waals surface area contributed by atoms with Crippen molar-refractivity contribution in [2.24, 2.45) is 5.10 Å². The molecule has 0 aliphatic heterocycles. The Bertz CT molecular complexity index is 1090. The molecule has 0 bridgehead atoms. The Balaban J connectivity index is 1.56.